The largest absolute Gasteiger partial charge is 0.382 e. The molecule has 0 spiro atoms. The van der Waals surface area contributed by atoms with Gasteiger partial charge in [0.1, 0.15) is 23.6 Å². The first-order valence-corrected chi connectivity index (χ1v) is 11.2. The van der Waals surface area contributed by atoms with Gasteiger partial charge in [0.2, 0.25) is 11.7 Å². The number of nitrogen functional groups attached to an aromatic ring is 1. The summed E-state index contributed by atoms with van der Waals surface area (Å²) in [5.41, 5.74) is 5.52. The van der Waals surface area contributed by atoms with Crippen LogP contribution >= 0.6 is 0 Å². The van der Waals surface area contributed by atoms with Gasteiger partial charge in [-0.2, -0.15) is 0 Å². The van der Waals surface area contributed by atoms with Crippen LogP contribution in [0.2, 0.25) is 0 Å². The quantitative estimate of drug-likeness (QED) is 0.469. The number of likely N-dealkylation sites (N-methyl/N-ethyl adjacent to an activating group) is 1. The molecule has 1 aromatic rings. The van der Waals surface area contributed by atoms with E-state index in [1.807, 2.05) is 25.8 Å². The molecule has 2 rings (SSSR count). The van der Waals surface area contributed by atoms with Crippen LogP contribution in [0.3, 0.4) is 0 Å². The predicted molar refractivity (Wildman–Crippen MR) is 127 cm³/mol. The van der Waals surface area contributed by atoms with E-state index in [0.717, 1.165) is 0 Å². The summed E-state index contributed by atoms with van der Waals surface area (Å²) in [7, 11) is 3.58. The number of aliphatic hydroxyl groups is 1. The molecule has 32 heavy (non-hydrogen) atoms. The van der Waals surface area contributed by atoms with Crippen LogP contribution in [0, 0.1) is 17.3 Å². The number of rotatable bonds is 7. The van der Waals surface area contributed by atoms with Crippen LogP contribution in [0.25, 0.3) is 0 Å². The number of anilines is 3. The molecule has 1 aromatic heterocycles. The second kappa shape index (κ2) is 10.4. The zero-order chi connectivity index (χ0) is 24.1. The first-order chi connectivity index (χ1) is 14.9. The van der Waals surface area contributed by atoms with Crippen molar-refractivity contribution in [3.8, 4) is 11.8 Å². The molecule has 0 saturated carbocycles. The fraction of sp³-hybridized carbons (Fsp3) is 0.696. The highest BCUT2D eigenvalue weighted by molar-refractivity contribution is 5.81. The molecule has 2 heterocycles. The van der Waals surface area contributed by atoms with Crippen molar-refractivity contribution in [2.45, 2.75) is 78.2 Å². The molecule has 9 heteroatoms. The van der Waals surface area contributed by atoms with Gasteiger partial charge in [0, 0.05) is 20.6 Å². The van der Waals surface area contributed by atoms with E-state index < -0.39 is 11.7 Å². The normalized spacial score (nSPS) is 20.1. The number of ether oxygens (including phenoxy) is 1. The lowest BCUT2D eigenvalue weighted by Gasteiger charge is -2.29. The first-order valence-electron chi connectivity index (χ1n) is 11.2. The number of hydrogen-bond acceptors (Lipinski definition) is 8. The molecular formula is C23H38N6O3. The number of nitrogens with two attached hydrogens (primary N) is 1. The third-order valence-corrected chi connectivity index (χ3v) is 5.39. The average molecular weight is 447 g/mol. The van der Waals surface area contributed by atoms with Crippen LogP contribution in [-0.4, -0.2) is 59.6 Å². The van der Waals surface area contributed by atoms with Gasteiger partial charge in [0.05, 0.1) is 0 Å². The minimum atomic E-state index is -1.14. The number of nitrogens with one attached hydrogen (secondary N) is 2. The van der Waals surface area contributed by atoms with Crippen LogP contribution in [0.4, 0.5) is 17.3 Å². The predicted octanol–water partition coefficient (Wildman–Crippen LogP) is 2.11. The maximum atomic E-state index is 12.1. The van der Waals surface area contributed by atoms with E-state index in [2.05, 4.69) is 53.2 Å². The Hall–Kier alpha value is -2.57. The maximum Gasteiger partial charge on any atom is 0.249 e. The average Bonchev–Trinajstić information content (AvgIpc) is 3.20. The molecule has 5 N–H and O–H groups in total. The number of aromatic nitrogens is 2. The van der Waals surface area contributed by atoms with Crippen molar-refractivity contribution < 1.29 is 14.6 Å². The van der Waals surface area contributed by atoms with E-state index in [9.17, 15) is 9.90 Å². The van der Waals surface area contributed by atoms with E-state index in [1.165, 1.54) is 0 Å². The molecule has 0 radical (unpaired) electrons. The van der Waals surface area contributed by atoms with Crippen LogP contribution in [-0.2, 0) is 9.53 Å². The fourth-order valence-corrected chi connectivity index (χ4v) is 3.85. The zero-order valence-corrected chi connectivity index (χ0v) is 20.4. The van der Waals surface area contributed by atoms with Crippen molar-refractivity contribution >= 4 is 23.2 Å². The Bertz CT molecular complexity index is 873. The highest BCUT2D eigenvalue weighted by atomic mass is 16.5. The Morgan fingerprint density at radius 2 is 2.00 bits per heavy atom. The Kier molecular flexibility index (Phi) is 8.32. The minimum absolute atomic E-state index is 0.0822. The summed E-state index contributed by atoms with van der Waals surface area (Å²) < 4.78 is 5.97. The molecule has 3 atom stereocenters. The summed E-state index contributed by atoms with van der Waals surface area (Å²) in [6.45, 7) is 10.5. The van der Waals surface area contributed by atoms with E-state index in [0.29, 0.717) is 43.7 Å². The van der Waals surface area contributed by atoms with Gasteiger partial charge in [-0.25, -0.2) is 9.97 Å². The van der Waals surface area contributed by atoms with Crippen molar-refractivity contribution in [3.05, 3.63) is 5.82 Å². The smallest absolute Gasteiger partial charge is 0.249 e. The summed E-state index contributed by atoms with van der Waals surface area (Å²) in [6.07, 6.45) is 1.49. The van der Waals surface area contributed by atoms with Crippen LogP contribution in [0.15, 0.2) is 0 Å². The molecule has 1 aliphatic rings. The van der Waals surface area contributed by atoms with Gasteiger partial charge in [-0.05, 0) is 43.9 Å². The Morgan fingerprint density at radius 1 is 1.31 bits per heavy atom. The summed E-state index contributed by atoms with van der Waals surface area (Å²) in [4.78, 5) is 22.9. The molecule has 178 valence electrons. The molecule has 0 aromatic carbocycles. The lowest BCUT2D eigenvalue weighted by Crippen LogP contribution is -2.38. The molecule has 1 aliphatic heterocycles. The number of nitrogens with zero attached hydrogens (tertiary/aromatic N) is 3. The van der Waals surface area contributed by atoms with Crippen LogP contribution < -0.4 is 21.3 Å². The molecule has 1 fully saturated rings. The number of carbonyl (C=O) groups is 1. The Balaban J connectivity index is 2.33. The van der Waals surface area contributed by atoms with E-state index in [1.54, 1.807) is 7.05 Å². The van der Waals surface area contributed by atoms with E-state index in [-0.39, 0.29) is 29.2 Å². The maximum absolute atomic E-state index is 12.1. The van der Waals surface area contributed by atoms with Gasteiger partial charge in [-0.3, -0.25) is 4.79 Å². The number of amides is 1. The second-order valence-electron chi connectivity index (χ2n) is 9.42. The van der Waals surface area contributed by atoms with Crippen molar-refractivity contribution in [3.63, 3.8) is 0 Å². The van der Waals surface area contributed by atoms with Crippen molar-refractivity contribution in [2.24, 2.45) is 5.41 Å². The van der Waals surface area contributed by atoms with Crippen LogP contribution in [0.1, 0.15) is 66.1 Å². The minimum Gasteiger partial charge on any atom is -0.382 e. The number of hydrogen-bond donors (Lipinski definition) is 4. The third-order valence-electron chi connectivity index (χ3n) is 5.39. The first kappa shape index (κ1) is 25.7. The standard InChI is InChI=1S/C23H38N6O3/c1-8-23(31,14-22(3,4)5)13-12-16-27-19(24)18(25-6)20(28-16)29(7)17-11-10-15(32-17)21(30)26-9-2/h15,17,25,31H,8-11,14H2,1-7H3,(H,26,30)(H2,24,27,28). The monoisotopic (exact) mass is 446 g/mol. The van der Waals surface area contributed by atoms with Gasteiger partial charge in [-0.1, -0.05) is 33.6 Å². The Labute approximate surface area is 191 Å². The van der Waals surface area contributed by atoms with Crippen LogP contribution in [0.5, 0.6) is 0 Å². The summed E-state index contributed by atoms with van der Waals surface area (Å²) >= 11 is 0. The SMILES string of the molecule is CCNC(=O)C1CCC(N(C)c2nc(C#CC(O)(CC)CC(C)(C)C)nc(N)c2NC)O1. The second-order valence-corrected chi connectivity index (χ2v) is 9.42. The zero-order valence-electron chi connectivity index (χ0n) is 20.4. The highest BCUT2D eigenvalue weighted by Crippen LogP contribution is 2.33. The molecule has 0 aliphatic carbocycles. The topological polar surface area (TPSA) is 126 Å². The molecule has 1 amide bonds. The fourth-order valence-electron chi connectivity index (χ4n) is 3.85. The summed E-state index contributed by atoms with van der Waals surface area (Å²) in [5, 5.41) is 16.8. The lowest BCUT2D eigenvalue weighted by molar-refractivity contribution is -0.131. The van der Waals surface area contributed by atoms with Gasteiger partial charge < -0.3 is 31.1 Å². The van der Waals surface area contributed by atoms with Gasteiger partial charge in [0.15, 0.2) is 11.6 Å². The third kappa shape index (κ3) is 6.47. The number of carbonyl (C=O) groups excluding carboxylic acids is 1. The van der Waals surface area contributed by atoms with Gasteiger partial charge in [0.25, 0.3) is 0 Å². The highest BCUT2D eigenvalue weighted by Gasteiger charge is 2.34. The lowest BCUT2D eigenvalue weighted by atomic mass is 9.81. The summed E-state index contributed by atoms with van der Waals surface area (Å²) in [5.74, 6) is 6.77. The van der Waals surface area contributed by atoms with Crippen molar-refractivity contribution in [2.75, 3.05) is 36.6 Å². The van der Waals surface area contributed by atoms with Crippen molar-refractivity contribution in [1.82, 2.24) is 15.3 Å². The van der Waals surface area contributed by atoms with Gasteiger partial charge in [-0.15, -0.1) is 0 Å². The molecule has 0 bridgehead atoms. The van der Waals surface area contributed by atoms with Crippen molar-refractivity contribution in [1.29, 1.82) is 0 Å². The van der Waals surface area contributed by atoms with E-state index >= 15 is 0 Å². The molecule has 9 nitrogen and oxygen atoms in total. The Morgan fingerprint density at radius 3 is 2.56 bits per heavy atom. The molecular weight excluding hydrogens is 408 g/mol. The van der Waals surface area contributed by atoms with E-state index in [4.69, 9.17) is 10.5 Å². The molecule has 3 unspecified atom stereocenters. The molecule has 1 saturated heterocycles. The van der Waals surface area contributed by atoms with Gasteiger partial charge >= 0.3 is 0 Å². The summed E-state index contributed by atoms with van der Waals surface area (Å²) in [6, 6.07) is 0.